The van der Waals surface area contributed by atoms with E-state index in [1.807, 2.05) is 55.4 Å². The van der Waals surface area contributed by atoms with E-state index in [9.17, 15) is 9.59 Å². The van der Waals surface area contributed by atoms with Gasteiger partial charge < -0.3 is 14.4 Å². The first-order chi connectivity index (χ1) is 9.14. The summed E-state index contributed by atoms with van der Waals surface area (Å²) in [6.45, 7) is 15.1. The van der Waals surface area contributed by atoms with Gasteiger partial charge in [0, 0.05) is 13.6 Å². The van der Waals surface area contributed by atoms with Crippen molar-refractivity contribution in [2.75, 3.05) is 13.6 Å². The lowest BCUT2D eigenvalue weighted by Crippen LogP contribution is -2.39. The molecule has 0 rings (SSSR count). The molecule has 124 valence electrons. The van der Waals surface area contributed by atoms with E-state index in [2.05, 4.69) is 0 Å². The van der Waals surface area contributed by atoms with Crippen LogP contribution in [0.25, 0.3) is 0 Å². The van der Waals surface area contributed by atoms with Crippen molar-refractivity contribution >= 4 is 12.1 Å². The van der Waals surface area contributed by atoms with Gasteiger partial charge >= 0.3 is 12.1 Å². The zero-order valence-electron chi connectivity index (χ0n) is 15.0. The van der Waals surface area contributed by atoms with Gasteiger partial charge in [-0.3, -0.25) is 4.79 Å². The molecule has 0 saturated carbocycles. The minimum Gasteiger partial charge on any atom is -0.460 e. The molecule has 5 nitrogen and oxygen atoms in total. The highest BCUT2D eigenvalue weighted by atomic mass is 16.6. The molecular formula is C16H31NO4. The number of rotatable bonds is 4. The Hall–Kier alpha value is -1.26. The first-order valence-corrected chi connectivity index (χ1v) is 7.32. The van der Waals surface area contributed by atoms with Crippen molar-refractivity contribution in [3.05, 3.63) is 0 Å². The van der Waals surface area contributed by atoms with Crippen LogP contribution in [-0.4, -0.2) is 41.8 Å². The average molecular weight is 301 g/mol. The van der Waals surface area contributed by atoms with Crippen LogP contribution in [0, 0.1) is 5.41 Å². The maximum Gasteiger partial charge on any atom is 0.410 e. The Kier molecular flexibility index (Phi) is 6.27. The molecule has 0 bridgehead atoms. The van der Waals surface area contributed by atoms with Crippen molar-refractivity contribution in [3.63, 3.8) is 0 Å². The van der Waals surface area contributed by atoms with E-state index in [0.29, 0.717) is 13.0 Å². The fourth-order valence-corrected chi connectivity index (χ4v) is 1.40. The molecule has 5 heteroatoms. The van der Waals surface area contributed by atoms with Gasteiger partial charge in [-0.2, -0.15) is 0 Å². The molecule has 0 aliphatic heterocycles. The van der Waals surface area contributed by atoms with Gasteiger partial charge in [-0.15, -0.1) is 0 Å². The fraction of sp³-hybridized carbons (Fsp3) is 0.875. The van der Waals surface area contributed by atoms with Gasteiger partial charge in [-0.1, -0.05) is 0 Å². The van der Waals surface area contributed by atoms with Gasteiger partial charge in [0.25, 0.3) is 0 Å². The Morgan fingerprint density at radius 1 is 0.857 bits per heavy atom. The van der Waals surface area contributed by atoms with Gasteiger partial charge in [0.15, 0.2) is 0 Å². The summed E-state index contributed by atoms with van der Waals surface area (Å²) in [6.07, 6.45) is 0.125. The minimum absolute atomic E-state index is 0.257. The highest BCUT2D eigenvalue weighted by Gasteiger charge is 2.33. The van der Waals surface area contributed by atoms with E-state index in [1.165, 1.54) is 4.90 Å². The van der Waals surface area contributed by atoms with E-state index in [4.69, 9.17) is 9.47 Å². The Balaban J connectivity index is 4.49. The van der Waals surface area contributed by atoms with Crippen molar-refractivity contribution in [3.8, 4) is 0 Å². The first-order valence-electron chi connectivity index (χ1n) is 7.32. The molecule has 0 saturated heterocycles. The highest BCUT2D eigenvalue weighted by Crippen LogP contribution is 2.25. The van der Waals surface area contributed by atoms with Crippen molar-refractivity contribution in [2.24, 2.45) is 5.41 Å². The largest absolute Gasteiger partial charge is 0.460 e. The van der Waals surface area contributed by atoms with Gasteiger partial charge in [-0.05, 0) is 61.8 Å². The van der Waals surface area contributed by atoms with Crippen LogP contribution in [0.3, 0.4) is 0 Å². The lowest BCUT2D eigenvalue weighted by molar-refractivity contribution is -0.166. The monoisotopic (exact) mass is 301 g/mol. The quantitative estimate of drug-likeness (QED) is 0.744. The number of carbonyl (C=O) groups excluding carboxylic acids is 2. The van der Waals surface area contributed by atoms with Crippen LogP contribution in [0.5, 0.6) is 0 Å². The van der Waals surface area contributed by atoms with Gasteiger partial charge in [0.2, 0.25) is 0 Å². The molecule has 0 heterocycles. The van der Waals surface area contributed by atoms with E-state index in [1.54, 1.807) is 7.05 Å². The van der Waals surface area contributed by atoms with Crippen LogP contribution in [0.2, 0.25) is 0 Å². The summed E-state index contributed by atoms with van der Waals surface area (Å²) in [5.41, 5.74) is -1.68. The zero-order valence-corrected chi connectivity index (χ0v) is 15.0. The van der Waals surface area contributed by atoms with Crippen LogP contribution in [0.15, 0.2) is 0 Å². The summed E-state index contributed by atoms with van der Waals surface area (Å²) in [5.74, 6) is -0.257. The minimum atomic E-state index is -0.649. The number of carbonyl (C=O) groups is 2. The van der Waals surface area contributed by atoms with E-state index < -0.39 is 16.6 Å². The standard InChI is InChI=1S/C16H31NO4/c1-14(2,3)20-12(18)16(7,8)10-11-17(9)13(19)21-15(4,5)6/h10-11H2,1-9H3. The molecule has 0 N–H and O–H groups in total. The molecule has 0 unspecified atom stereocenters. The molecule has 0 aliphatic rings. The molecule has 1 amide bonds. The Labute approximate surface area is 129 Å². The first kappa shape index (κ1) is 19.7. The molecule has 0 aliphatic carbocycles. The molecule has 0 radical (unpaired) electrons. The van der Waals surface area contributed by atoms with Crippen molar-refractivity contribution in [2.45, 2.75) is 73.0 Å². The smallest absolute Gasteiger partial charge is 0.410 e. The van der Waals surface area contributed by atoms with Crippen LogP contribution in [-0.2, 0) is 14.3 Å². The Bertz CT molecular complexity index is 375. The molecule has 0 aromatic rings. The Morgan fingerprint density at radius 2 is 1.29 bits per heavy atom. The third-order valence-corrected chi connectivity index (χ3v) is 2.73. The third-order valence-electron chi connectivity index (χ3n) is 2.73. The SMILES string of the molecule is CN(CCC(C)(C)C(=O)OC(C)(C)C)C(=O)OC(C)(C)C. The van der Waals surface area contributed by atoms with Gasteiger partial charge in [0.05, 0.1) is 5.41 Å². The third kappa shape index (κ3) is 8.58. The lowest BCUT2D eigenvalue weighted by Gasteiger charge is -2.30. The lowest BCUT2D eigenvalue weighted by atomic mass is 9.89. The average Bonchev–Trinajstić information content (AvgIpc) is 2.21. The molecule has 0 spiro atoms. The molecule has 0 aromatic carbocycles. The summed E-state index contributed by atoms with van der Waals surface area (Å²) in [7, 11) is 1.67. The number of esters is 1. The van der Waals surface area contributed by atoms with Crippen LogP contribution in [0.4, 0.5) is 4.79 Å². The highest BCUT2D eigenvalue weighted by molar-refractivity contribution is 5.76. The zero-order chi connectivity index (χ0) is 17.1. The van der Waals surface area contributed by atoms with E-state index in [-0.39, 0.29) is 12.1 Å². The van der Waals surface area contributed by atoms with Crippen molar-refractivity contribution < 1.29 is 19.1 Å². The maximum atomic E-state index is 12.1. The van der Waals surface area contributed by atoms with E-state index in [0.717, 1.165) is 0 Å². The molecule has 0 atom stereocenters. The Morgan fingerprint density at radius 3 is 1.67 bits per heavy atom. The fourth-order valence-electron chi connectivity index (χ4n) is 1.40. The number of hydrogen-bond donors (Lipinski definition) is 0. The molecular weight excluding hydrogens is 270 g/mol. The predicted molar refractivity (Wildman–Crippen MR) is 83.1 cm³/mol. The second kappa shape index (κ2) is 6.67. The maximum absolute atomic E-state index is 12.1. The molecule has 0 aromatic heterocycles. The second-order valence-corrected chi connectivity index (χ2v) is 8.04. The summed E-state index contributed by atoms with van der Waals surface area (Å²) >= 11 is 0. The molecule has 21 heavy (non-hydrogen) atoms. The summed E-state index contributed by atoms with van der Waals surface area (Å²) in [6, 6.07) is 0. The number of nitrogens with zero attached hydrogens (tertiary/aromatic N) is 1. The number of hydrogen-bond acceptors (Lipinski definition) is 4. The summed E-state index contributed by atoms with van der Waals surface area (Å²) < 4.78 is 10.7. The van der Waals surface area contributed by atoms with Gasteiger partial charge in [0.1, 0.15) is 11.2 Å². The second-order valence-electron chi connectivity index (χ2n) is 8.04. The van der Waals surface area contributed by atoms with Crippen LogP contribution >= 0.6 is 0 Å². The number of amides is 1. The molecule has 0 fully saturated rings. The summed E-state index contributed by atoms with van der Waals surface area (Å²) in [4.78, 5) is 25.5. The van der Waals surface area contributed by atoms with Gasteiger partial charge in [-0.25, -0.2) is 4.79 Å². The van der Waals surface area contributed by atoms with Crippen molar-refractivity contribution in [1.82, 2.24) is 4.90 Å². The van der Waals surface area contributed by atoms with Crippen molar-refractivity contribution in [1.29, 1.82) is 0 Å². The van der Waals surface area contributed by atoms with Crippen LogP contribution in [0.1, 0.15) is 61.8 Å². The topological polar surface area (TPSA) is 55.8 Å². The predicted octanol–water partition coefficient (Wildman–Crippen LogP) is 3.61. The number of ether oxygens (including phenoxy) is 2. The summed E-state index contributed by atoms with van der Waals surface area (Å²) in [5, 5.41) is 0. The normalized spacial score (nSPS) is 12.8. The van der Waals surface area contributed by atoms with E-state index >= 15 is 0 Å². The van der Waals surface area contributed by atoms with Crippen LogP contribution < -0.4 is 0 Å².